The second-order valence-electron chi connectivity index (χ2n) is 4.99. The second-order valence-corrected chi connectivity index (χ2v) is 6.55. The van der Waals surface area contributed by atoms with Crippen LogP contribution in [-0.4, -0.2) is 14.3 Å². The van der Waals surface area contributed by atoms with E-state index in [0.717, 1.165) is 24.8 Å². The average Bonchev–Trinajstić information content (AvgIpc) is 2.41. The maximum absolute atomic E-state index is 12.2. The fraction of sp³-hybridized carbons (Fsp3) is 0.357. The van der Waals surface area contributed by atoms with Crippen LogP contribution in [0.2, 0.25) is 0 Å². The largest absolute Gasteiger partial charge is 0.326 e. The quantitative estimate of drug-likeness (QED) is 0.835. The van der Waals surface area contributed by atoms with Crippen LogP contribution < -0.4 is 10.5 Å². The molecule has 1 atom stereocenters. The van der Waals surface area contributed by atoms with E-state index in [0.29, 0.717) is 5.69 Å². The molecule has 5 nitrogen and oxygen atoms in total. The summed E-state index contributed by atoms with van der Waals surface area (Å²) < 4.78 is 22.7. The van der Waals surface area contributed by atoms with Gasteiger partial charge in [-0.3, -0.25) is 4.79 Å². The van der Waals surface area contributed by atoms with E-state index in [-0.39, 0.29) is 16.7 Å². The Morgan fingerprint density at radius 1 is 1.35 bits per heavy atom. The second kappa shape index (κ2) is 5.76. The molecule has 0 fully saturated rings. The molecule has 0 spiro atoms. The summed E-state index contributed by atoms with van der Waals surface area (Å²) in [5.74, 6) is -0.137. The van der Waals surface area contributed by atoms with Crippen LogP contribution in [-0.2, 0) is 14.8 Å². The lowest BCUT2D eigenvalue weighted by Crippen LogP contribution is -2.24. The number of hydrogen-bond donors (Lipinski definition) is 2. The van der Waals surface area contributed by atoms with Crippen molar-refractivity contribution in [2.75, 3.05) is 5.32 Å². The topological polar surface area (TPSA) is 89.3 Å². The number of rotatable bonds is 3. The van der Waals surface area contributed by atoms with Crippen LogP contribution in [0.3, 0.4) is 0 Å². The highest BCUT2D eigenvalue weighted by Crippen LogP contribution is 2.23. The minimum Gasteiger partial charge on any atom is -0.326 e. The summed E-state index contributed by atoms with van der Waals surface area (Å²) in [4.78, 5) is 12.2. The monoisotopic (exact) mass is 294 g/mol. The van der Waals surface area contributed by atoms with Crippen molar-refractivity contribution in [2.24, 2.45) is 11.1 Å². The van der Waals surface area contributed by atoms with Gasteiger partial charge in [0.25, 0.3) is 0 Å². The Balaban J connectivity index is 2.20. The molecule has 1 aromatic carbocycles. The van der Waals surface area contributed by atoms with Gasteiger partial charge in [-0.25, -0.2) is 13.6 Å². The van der Waals surface area contributed by atoms with Gasteiger partial charge in [0.2, 0.25) is 15.9 Å². The zero-order valence-electron chi connectivity index (χ0n) is 11.3. The van der Waals surface area contributed by atoms with Crippen molar-refractivity contribution < 1.29 is 13.2 Å². The zero-order chi connectivity index (χ0) is 14.8. The van der Waals surface area contributed by atoms with Crippen molar-refractivity contribution in [1.82, 2.24) is 0 Å². The molecular weight excluding hydrogens is 276 g/mol. The third-order valence-corrected chi connectivity index (χ3v) is 4.35. The summed E-state index contributed by atoms with van der Waals surface area (Å²) in [6.45, 7) is 1.81. The molecule has 0 saturated carbocycles. The molecule has 1 amide bonds. The van der Waals surface area contributed by atoms with Crippen LogP contribution in [0.5, 0.6) is 0 Å². The van der Waals surface area contributed by atoms with E-state index < -0.39 is 10.0 Å². The van der Waals surface area contributed by atoms with E-state index >= 15 is 0 Å². The van der Waals surface area contributed by atoms with E-state index in [2.05, 4.69) is 11.4 Å². The molecule has 1 unspecified atom stereocenters. The van der Waals surface area contributed by atoms with Gasteiger partial charge in [0.1, 0.15) is 0 Å². The van der Waals surface area contributed by atoms with Crippen LogP contribution in [0.15, 0.2) is 35.2 Å². The number of carbonyl (C=O) groups excluding carboxylic acids is 1. The molecule has 1 aliphatic carbocycles. The fourth-order valence-corrected chi connectivity index (χ4v) is 2.72. The van der Waals surface area contributed by atoms with Gasteiger partial charge in [-0.1, -0.05) is 18.2 Å². The third-order valence-electron chi connectivity index (χ3n) is 3.44. The minimum atomic E-state index is -3.77. The van der Waals surface area contributed by atoms with Gasteiger partial charge in [0.05, 0.1) is 4.90 Å². The molecule has 3 N–H and O–H groups in total. The molecule has 20 heavy (non-hydrogen) atoms. The van der Waals surface area contributed by atoms with Gasteiger partial charge < -0.3 is 5.32 Å². The molecule has 2 rings (SSSR count). The predicted molar refractivity (Wildman–Crippen MR) is 77.7 cm³/mol. The SMILES string of the molecule is Cc1ccc(S(N)(=O)=O)cc1NC(=O)C1CC=CCC1. The lowest BCUT2D eigenvalue weighted by molar-refractivity contribution is -0.120. The first kappa shape index (κ1) is 14.7. The number of nitrogens with two attached hydrogens (primary N) is 1. The number of sulfonamides is 1. The van der Waals surface area contributed by atoms with Gasteiger partial charge in [0.15, 0.2) is 0 Å². The molecular formula is C14H18N2O3S. The Kier molecular flexibility index (Phi) is 4.25. The molecule has 0 aromatic heterocycles. The molecule has 0 saturated heterocycles. The van der Waals surface area contributed by atoms with Crippen LogP contribution in [0, 0.1) is 12.8 Å². The summed E-state index contributed by atoms with van der Waals surface area (Å²) in [7, 11) is -3.77. The Labute approximate surface area is 118 Å². The number of hydrogen-bond acceptors (Lipinski definition) is 3. The van der Waals surface area contributed by atoms with Gasteiger partial charge in [-0.2, -0.15) is 0 Å². The summed E-state index contributed by atoms with van der Waals surface area (Å²) in [6.07, 6.45) is 6.50. The normalized spacial score (nSPS) is 18.8. The Morgan fingerprint density at radius 3 is 2.70 bits per heavy atom. The van der Waals surface area contributed by atoms with Crippen LogP contribution >= 0.6 is 0 Å². The van der Waals surface area contributed by atoms with E-state index in [4.69, 9.17) is 5.14 Å². The third kappa shape index (κ3) is 3.46. The number of allylic oxidation sites excluding steroid dienone is 2. The van der Waals surface area contributed by atoms with Crippen molar-refractivity contribution in [3.05, 3.63) is 35.9 Å². The maximum Gasteiger partial charge on any atom is 0.238 e. The van der Waals surface area contributed by atoms with Crippen molar-refractivity contribution in [1.29, 1.82) is 0 Å². The number of amides is 1. The van der Waals surface area contributed by atoms with Crippen molar-refractivity contribution in [2.45, 2.75) is 31.1 Å². The number of carbonyl (C=O) groups is 1. The van der Waals surface area contributed by atoms with Crippen molar-refractivity contribution >= 4 is 21.6 Å². The van der Waals surface area contributed by atoms with E-state index in [1.165, 1.54) is 12.1 Å². The number of nitrogens with one attached hydrogen (secondary N) is 1. The fourth-order valence-electron chi connectivity index (χ4n) is 2.18. The molecule has 0 aliphatic heterocycles. The highest BCUT2D eigenvalue weighted by Gasteiger charge is 2.20. The summed E-state index contributed by atoms with van der Waals surface area (Å²) in [5, 5.41) is 7.90. The zero-order valence-corrected chi connectivity index (χ0v) is 12.1. The van der Waals surface area contributed by atoms with Crippen molar-refractivity contribution in [3.63, 3.8) is 0 Å². The highest BCUT2D eigenvalue weighted by atomic mass is 32.2. The smallest absolute Gasteiger partial charge is 0.238 e. The molecule has 108 valence electrons. The molecule has 0 radical (unpaired) electrons. The standard InChI is InChI=1S/C14H18N2O3S/c1-10-7-8-12(20(15,18)19)9-13(10)16-14(17)11-5-3-2-4-6-11/h2-3,7-9,11H,4-6H2,1H3,(H,16,17)(H2,15,18,19). The first-order chi connectivity index (χ1) is 9.38. The van der Waals surface area contributed by atoms with Crippen LogP contribution in [0.25, 0.3) is 0 Å². The van der Waals surface area contributed by atoms with Gasteiger partial charge in [-0.05, 0) is 43.9 Å². The number of primary sulfonamides is 1. The first-order valence-corrected chi connectivity index (χ1v) is 8.02. The number of benzene rings is 1. The summed E-state index contributed by atoms with van der Waals surface area (Å²) >= 11 is 0. The van der Waals surface area contributed by atoms with Gasteiger partial charge in [-0.15, -0.1) is 0 Å². The molecule has 0 heterocycles. The minimum absolute atomic E-state index is 0.00180. The van der Waals surface area contributed by atoms with Crippen LogP contribution in [0.4, 0.5) is 5.69 Å². The first-order valence-electron chi connectivity index (χ1n) is 6.47. The molecule has 1 aromatic rings. The van der Waals surface area contributed by atoms with Crippen LogP contribution in [0.1, 0.15) is 24.8 Å². The molecule has 1 aliphatic rings. The van der Waals surface area contributed by atoms with Gasteiger partial charge in [0, 0.05) is 11.6 Å². The van der Waals surface area contributed by atoms with E-state index in [1.54, 1.807) is 6.07 Å². The molecule has 0 bridgehead atoms. The summed E-state index contributed by atoms with van der Waals surface area (Å²) in [5.41, 5.74) is 1.30. The van der Waals surface area contributed by atoms with Crippen molar-refractivity contribution in [3.8, 4) is 0 Å². The maximum atomic E-state index is 12.2. The Hall–Kier alpha value is -1.66. The van der Waals surface area contributed by atoms with Gasteiger partial charge >= 0.3 is 0 Å². The predicted octanol–water partition coefficient (Wildman–Crippen LogP) is 1.94. The lowest BCUT2D eigenvalue weighted by atomic mass is 9.93. The van der Waals surface area contributed by atoms with E-state index in [1.807, 2.05) is 13.0 Å². The summed E-state index contributed by atoms with van der Waals surface area (Å²) in [6, 6.07) is 4.47. The Bertz CT molecular complexity index is 650. The molecule has 6 heteroatoms. The number of anilines is 1. The van der Waals surface area contributed by atoms with E-state index in [9.17, 15) is 13.2 Å². The number of aryl methyl sites for hydroxylation is 1. The highest BCUT2D eigenvalue weighted by molar-refractivity contribution is 7.89. The average molecular weight is 294 g/mol. The lowest BCUT2D eigenvalue weighted by Gasteiger charge is -2.18. The Morgan fingerprint density at radius 2 is 2.10 bits per heavy atom.